The van der Waals surface area contributed by atoms with E-state index >= 15 is 0 Å². The van der Waals surface area contributed by atoms with E-state index in [0.717, 1.165) is 31.5 Å². The van der Waals surface area contributed by atoms with E-state index < -0.39 is 5.60 Å². The molecule has 1 heterocycles. The third-order valence-electron chi connectivity index (χ3n) is 3.65. The van der Waals surface area contributed by atoms with Gasteiger partial charge in [0, 0.05) is 19.6 Å². The van der Waals surface area contributed by atoms with Gasteiger partial charge in [-0.05, 0) is 25.3 Å². The van der Waals surface area contributed by atoms with Crippen LogP contribution in [0.3, 0.4) is 0 Å². The Bertz CT molecular complexity index is 370. The van der Waals surface area contributed by atoms with E-state index in [1.54, 1.807) is 0 Å². The molecule has 0 saturated carbocycles. The minimum atomic E-state index is -0.683. The highest BCUT2D eigenvalue weighted by Crippen LogP contribution is 2.32. The lowest BCUT2D eigenvalue weighted by Gasteiger charge is -2.38. The molecule has 1 aliphatic heterocycles. The van der Waals surface area contributed by atoms with Crippen molar-refractivity contribution < 1.29 is 10.2 Å². The second kappa shape index (κ2) is 5.17. The summed E-state index contributed by atoms with van der Waals surface area (Å²) in [5.74, 6) is 0. The van der Waals surface area contributed by atoms with Crippen LogP contribution in [-0.4, -0.2) is 41.4 Å². The van der Waals surface area contributed by atoms with Crippen LogP contribution in [0.25, 0.3) is 0 Å². The van der Waals surface area contributed by atoms with Crippen molar-refractivity contribution in [2.24, 2.45) is 0 Å². The number of β-amino-alcohol motifs (C(OH)–C–C–N with tert-alkyl or cyclic N) is 1. The fourth-order valence-electron chi connectivity index (χ4n) is 2.51. The highest BCUT2D eigenvalue weighted by molar-refractivity contribution is 5.28. The van der Waals surface area contributed by atoms with Crippen molar-refractivity contribution >= 4 is 0 Å². The number of nitrogens with zero attached hydrogens (tertiary/aromatic N) is 1. The molecule has 0 unspecified atom stereocenters. The number of rotatable bonds is 3. The van der Waals surface area contributed by atoms with Gasteiger partial charge in [-0.3, -0.25) is 0 Å². The molecule has 2 N–H and O–H groups in total. The van der Waals surface area contributed by atoms with E-state index in [2.05, 4.69) is 11.0 Å². The average Bonchev–Trinajstić information content (AvgIpc) is 2.33. The number of hydrogen-bond donors (Lipinski definition) is 2. The summed E-state index contributed by atoms with van der Waals surface area (Å²) in [6, 6.07) is 8.13. The maximum absolute atomic E-state index is 10.7. The van der Waals surface area contributed by atoms with Gasteiger partial charge in [-0.25, -0.2) is 0 Å². The summed E-state index contributed by atoms with van der Waals surface area (Å²) in [6.07, 6.45) is 1.49. The van der Waals surface area contributed by atoms with Crippen molar-refractivity contribution in [2.45, 2.75) is 25.4 Å². The smallest absolute Gasteiger partial charge is 0.0921 e. The van der Waals surface area contributed by atoms with Crippen LogP contribution in [0.2, 0.25) is 0 Å². The second-order valence-corrected chi connectivity index (χ2v) is 4.97. The molecule has 0 aromatic heterocycles. The Morgan fingerprint density at radius 3 is 2.59 bits per heavy atom. The van der Waals surface area contributed by atoms with Gasteiger partial charge in [0.15, 0.2) is 0 Å². The van der Waals surface area contributed by atoms with Crippen LogP contribution in [0, 0.1) is 6.92 Å². The molecule has 1 aromatic carbocycles. The predicted molar refractivity (Wildman–Crippen MR) is 67.8 cm³/mol. The molecule has 94 valence electrons. The molecular formula is C14H21NO2. The van der Waals surface area contributed by atoms with Gasteiger partial charge in [0.1, 0.15) is 0 Å². The van der Waals surface area contributed by atoms with Crippen LogP contribution < -0.4 is 0 Å². The molecule has 0 spiro atoms. The van der Waals surface area contributed by atoms with Crippen LogP contribution in [0.15, 0.2) is 24.3 Å². The Labute approximate surface area is 103 Å². The molecule has 0 radical (unpaired) electrons. The van der Waals surface area contributed by atoms with Crippen molar-refractivity contribution in [3.05, 3.63) is 35.4 Å². The quantitative estimate of drug-likeness (QED) is 0.829. The minimum Gasteiger partial charge on any atom is -0.395 e. The van der Waals surface area contributed by atoms with Gasteiger partial charge in [-0.15, -0.1) is 0 Å². The van der Waals surface area contributed by atoms with Crippen LogP contribution >= 0.6 is 0 Å². The van der Waals surface area contributed by atoms with Gasteiger partial charge >= 0.3 is 0 Å². The second-order valence-electron chi connectivity index (χ2n) is 4.97. The Balaban J connectivity index is 2.06. The number of aryl methyl sites for hydroxylation is 1. The number of piperidine rings is 1. The third kappa shape index (κ3) is 2.86. The summed E-state index contributed by atoms with van der Waals surface area (Å²) in [7, 11) is 0. The zero-order valence-corrected chi connectivity index (χ0v) is 10.4. The molecule has 1 aromatic rings. The molecule has 0 bridgehead atoms. The first-order valence-electron chi connectivity index (χ1n) is 6.27. The predicted octanol–water partition coefficient (Wildman–Crippen LogP) is 1.27. The fraction of sp³-hybridized carbons (Fsp3) is 0.571. The van der Waals surface area contributed by atoms with Gasteiger partial charge in [0.05, 0.1) is 12.2 Å². The lowest BCUT2D eigenvalue weighted by atomic mass is 9.84. The van der Waals surface area contributed by atoms with Gasteiger partial charge in [-0.1, -0.05) is 29.8 Å². The molecule has 0 aliphatic carbocycles. The van der Waals surface area contributed by atoms with Gasteiger partial charge in [0.25, 0.3) is 0 Å². The number of aliphatic hydroxyl groups excluding tert-OH is 1. The molecule has 2 rings (SSSR count). The monoisotopic (exact) mass is 235 g/mol. The van der Waals surface area contributed by atoms with Crippen molar-refractivity contribution in [1.82, 2.24) is 4.90 Å². The van der Waals surface area contributed by atoms with E-state index in [-0.39, 0.29) is 6.61 Å². The SMILES string of the molecule is Cc1cccc(C2(O)CCN(CCO)CC2)c1. The zero-order chi connectivity index (χ0) is 12.3. The Hall–Kier alpha value is -0.900. The molecule has 3 nitrogen and oxygen atoms in total. The van der Waals surface area contributed by atoms with E-state index in [1.165, 1.54) is 5.56 Å². The molecule has 0 atom stereocenters. The van der Waals surface area contributed by atoms with Gasteiger partial charge in [-0.2, -0.15) is 0 Å². The Morgan fingerprint density at radius 1 is 1.29 bits per heavy atom. The van der Waals surface area contributed by atoms with Gasteiger partial charge in [0.2, 0.25) is 0 Å². The van der Waals surface area contributed by atoms with Crippen molar-refractivity contribution in [2.75, 3.05) is 26.2 Å². The zero-order valence-electron chi connectivity index (χ0n) is 10.4. The number of aliphatic hydroxyl groups is 2. The average molecular weight is 235 g/mol. The molecule has 17 heavy (non-hydrogen) atoms. The Morgan fingerprint density at radius 2 is 2.00 bits per heavy atom. The van der Waals surface area contributed by atoms with E-state index in [0.29, 0.717) is 6.54 Å². The first kappa shape index (κ1) is 12.6. The lowest BCUT2D eigenvalue weighted by molar-refractivity contribution is -0.0284. The highest BCUT2D eigenvalue weighted by atomic mass is 16.3. The van der Waals surface area contributed by atoms with Gasteiger partial charge < -0.3 is 15.1 Å². The van der Waals surface area contributed by atoms with Crippen LogP contribution in [0.5, 0.6) is 0 Å². The summed E-state index contributed by atoms with van der Waals surface area (Å²) >= 11 is 0. The Kier molecular flexibility index (Phi) is 3.82. The molecular weight excluding hydrogens is 214 g/mol. The number of benzene rings is 1. The minimum absolute atomic E-state index is 0.197. The first-order chi connectivity index (χ1) is 8.14. The largest absolute Gasteiger partial charge is 0.395 e. The van der Waals surface area contributed by atoms with E-state index in [1.807, 2.05) is 25.1 Å². The van der Waals surface area contributed by atoms with Crippen LogP contribution in [-0.2, 0) is 5.60 Å². The maximum Gasteiger partial charge on any atom is 0.0921 e. The topological polar surface area (TPSA) is 43.7 Å². The molecule has 1 fully saturated rings. The lowest BCUT2D eigenvalue weighted by Crippen LogP contribution is -2.43. The van der Waals surface area contributed by atoms with Crippen LogP contribution in [0.4, 0.5) is 0 Å². The van der Waals surface area contributed by atoms with E-state index in [9.17, 15) is 5.11 Å². The standard InChI is InChI=1S/C14H21NO2/c1-12-3-2-4-13(11-12)14(17)5-7-15(8-6-14)9-10-16/h2-4,11,16-17H,5-10H2,1H3. The normalized spacial score (nSPS) is 20.4. The highest BCUT2D eigenvalue weighted by Gasteiger charge is 2.33. The van der Waals surface area contributed by atoms with Crippen LogP contribution in [0.1, 0.15) is 24.0 Å². The van der Waals surface area contributed by atoms with Crippen molar-refractivity contribution in [1.29, 1.82) is 0 Å². The summed E-state index contributed by atoms with van der Waals surface area (Å²) < 4.78 is 0. The third-order valence-corrected chi connectivity index (χ3v) is 3.65. The fourth-order valence-corrected chi connectivity index (χ4v) is 2.51. The van der Waals surface area contributed by atoms with Crippen molar-refractivity contribution in [3.63, 3.8) is 0 Å². The number of hydrogen-bond acceptors (Lipinski definition) is 3. The summed E-state index contributed by atoms with van der Waals surface area (Å²) in [4.78, 5) is 2.20. The molecule has 1 aliphatic rings. The molecule has 1 saturated heterocycles. The van der Waals surface area contributed by atoms with Crippen molar-refractivity contribution in [3.8, 4) is 0 Å². The van der Waals surface area contributed by atoms with E-state index in [4.69, 9.17) is 5.11 Å². The summed E-state index contributed by atoms with van der Waals surface area (Å²) in [5, 5.41) is 19.6. The summed E-state index contributed by atoms with van der Waals surface area (Å²) in [6.45, 7) is 4.66. The number of likely N-dealkylation sites (tertiary alicyclic amines) is 1. The maximum atomic E-state index is 10.7. The molecule has 3 heteroatoms. The molecule has 0 amide bonds. The first-order valence-corrected chi connectivity index (χ1v) is 6.27. The summed E-state index contributed by atoms with van der Waals surface area (Å²) in [5.41, 5.74) is 1.53.